The van der Waals surface area contributed by atoms with E-state index in [1.54, 1.807) is 0 Å². The van der Waals surface area contributed by atoms with Crippen molar-refractivity contribution in [2.75, 3.05) is 6.54 Å². The second kappa shape index (κ2) is 7.95. The van der Waals surface area contributed by atoms with Crippen LogP contribution >= 0.6 is 0 Å². The molecule has 3 nitrogen and oxygen atoms in total. The summed E-state index contributed by atoms with van der Waals surface area (Å²) in [4.78, 5) is 0. The van der Waals surface area contributed by atoms with E-state index < -0.39 is 15.1 Å². The van der Waals surface area contributed by atoms with Crippen molar-refractivity contribution in [3.63, 3.8) is 0 Å². The fraction of sp³-hybridized carbons (Fsp3) is 0.647. The fourth-order valence-corrected chi connectivity index (χ4v) is 5.15. The van der Waals surface area contributed by atoms with Crippen molar-refractivity contribution in [3.05, 3.63) is 35.9 Å². The fourth-order valence-electron chi connectivity index (χ4n) is 2.76. The summed E-state index contributed by atoms with van der Waals surface area (Å²) >= 11 is 0. The van der Waals surface area contributed by atoms with Gasteiger partial charge in [-0.25, -0.2) is 8.42 Å². The Bertz CT molecular complexity index is 511. The molecule has 1 aromatic carbocycles. The van der Waals surface area contributed by atoms with Gasteiger partial charge < -0.3 is 5.32 Å². The monoisotopic (exact) mass is 311 g/mol. The SMILES string of the molecule is CCNC(c1ccccc1)C(C(C)C)S(=O)(=O)C(C)CC. The lowest BCUT2D eigenvalue weighted by atomic mass is 9.96. The predicted octanol–water partition coefficient (Wildman–Crippen LogP) is 3.58. The van der Waals surface area contributed by atoms with E-state index in [-0.39, 0.29) is 17.2 Å². The van der Waals surface area contributed by atoms with Crippen LogP contribution in [0.5, 0.6) is 0 Å². The van der Waals surface area contributed by atoms with E-state index in [0.717, 1.165) is 12.1 Å². The molecule has 0 heterocycles. The third-order valence-electron chi connectivity index (χ3n) is 4.08. The van der Waals surface area contributed by atoms with Crippen molar-refractivity contribution in [2.24, 2.45) is 5.92 Å². The molecule has 3 unspecified atom stereocenters. The predicted molar refractivity (Wildman–Crippen MR) is 90.2 cm³/mol. The molecule has 0 bridgehead atoms. The molecule has 0 aliphatic rings. The lowest BCUT2D eigenvalue weighted by Crippen LogP contribution is -2.44. The summed E-state index contributed by atoms with van der Waals surface area (Å²) in [5.41, 5.74) is 1.05. The van der Waals surface area contributed by atoms with Crippen LogP contribution in [0.15, 0.2) is 30.3 Å². The molecule has 1 aromatic rings. The lowest BCUT2D eigenvalue weighted by Gasteiger charge is -2.33. The van der Waals surface area contributed by atoms with Crippen LogP contribution in [-0.4, -0.2) is 25.5 Å². The third kappa shape index (κ3) is 4.30. The minimum absolute atomic E-state index is 0.0632. The molecule has 0 saturated carbocycles. The summed E-state index contributed by atoms with van der Waals surface area (Å²) in [6.07, 6.45) is 0.652. The van der Waals surface area contributed by atoms with Crippen LogP contribution in [0.3, 0.4) is 0 Å². The quantitative estimate of drug-likeness (QED) is 0.798. The Balaban J connectivity index is 3.29. The maximum absolute atomic E-state index is 13.0. The molecular formula is C17H29NO2S. The van der Waals surface area contributed by atoms with E-state index in [4.69, 9.17) is 0 Å². The Morgan fingerprint density at radius 2 is 1.62 bits per heavy atom. The van der Waals surface area contributed by atoms with Gasteiger partial charge in [-0.3, -0.25) is 0 Å². The van der Waals surface area contributed by atoms with Gasteiger partial charge in [-0.2, -0.15) is 0 Å². The van der Waals surface area contributed by atoms with E-state index in [0.29, 0.717) is 6.42 Å². The first kappa shape index (κ1) is 18.2. The van der Waals surface area contributed by atoms with Gasteiger partial charge >= 0.3 is 0 Å². The van der Waals surface area contributed by atoms with Gasteiger partial charge in [0.15, 0.2) is 9.84 Å². The molecule has 120 valence electrons. The first-order valence-corrected chi connectivity index (χ1v) is 9.48. The Hall–Kier alpha value is -0.870. The first-order chi connectivity index (χ1) is 9.86. The van der Waals surface area contributed by atoms with Crippen molar-refractivity contribution in [1.29, 1.82) is 0 Å². The number of hydrogen-bond donors (Lipinski definition) is 1. The highest BCUT2D eigenvalue weighted by molar-refractivity contribution is 7.92. The van der Waals surface area contributed by atoms with Crippen molar-refractivity contribution in [1.82, 2.24) is 5.32 Å². The molecule has 0 radical (unpaired) electrons. The van der Waals surface area contributed by atoms with Gasteiger partial charge in [0.25, 0.3) is 0 Å². The molecule has 21 heavy (non-hydrogen) atoms. The van der Waals surface area contributed by atoms with E-state index in [9.17, 15) is 8.42 Å². The van der Waals surface area contributed by atoms with Crippen molar-refractivity contribution >= 4 is 9.84 Å². The molecule has 0 spiro atoms. The Morgan fingerprint density at radius 3 is 2.05 bits per heavy atom. The van der Waals surface area contributed by atoms with Gasteiger partial charge in [0.2, 0.25) is 0 Å². The lowest BCUT2D eigenvalue weighted by molar-refractivity contribution is 0.423. The minimum Gasteiger partial charge on any atom is -0.309 e. The molecule has 0 saturated heterocycles. The minimum atomic E-state index is -3.18. The van der Waals surface area contributed by atoms with Crippen LogP contribution in [0.1, 0.15) is 52.6 Å². The third-order valence-corrected chi connectivity index (χ3v) is 7.11. The average molecular weight is 311 g/mol. The molecule has 0 aromatic heterocycles. The average Bonchev–Trinajstić information content (AvgIpc) is 2.46. The van der Waals surface area contributed by atoms with Crippen LogP contribution in [0.4, 0.5) is 0 Å². The highest BCUT2D eigenvalue weighted by Crippen LogP contribution is 2.31. The van der Waals surface area contributed by atoms with Crippen LogP contribution in [0, 0.1) is 5.92 Å². The Kier molecular flexibility index (Phi) is 6.88. The number of nitrogens with one attached hydrogen (secondary N) is 1. The molecule has 1 N–H and O–H groups in total. The van der Waals surface area contributed by atoms with Gasteiger partial charge in [-0.15, -0.1) is 0 Å². The largest absolute Gasteiger partial charge is 0.309 e. The van der Waals surface area contributed by atoms with Crippen molar-refractivity contribution in [3.8, 4) is 0 Å². The van der Waals surface area contributed by atoms with Crippen LogP contribution in [0.25, 0.3) is 0 Å². The second-order valence-corrected chi connectivity index (χ2v) is 8.49. The molecule has 0 amide bonds. The molecule has 0 aliphatic carbocycles. The van der Waals surface area contributed by atoms with Gasteiger partial charge in [0, 0.05) is 6.04 Å². The smallest absolute Gasteiger partial charge is 0.157 e. The Labute approximate surface area is 130 Å². The van der Waals surface area contributed by atoms with Crippen LogP contribution in [-0.2, 0) is 9.84 Å². The number of hydrogen-bond acceptors (Lipinski definition) is 3. The van der Waals surface area contributed by atoms with Crippen molar-refractivity contribution in [2.45, 2.75) is 57.6 Å². The number of sulfone groups is 1. The molecule has 1 rings (SSSR count). The maximum Gasteiger partial charge on any atom is 0.157 e. The van der Waals surface area contributed by atoms with Crippen LogP contribution < -0.4 is 5.32 Å². The van der Waals surface area contributed by atoms with Crippen LogP contribution in [0.2, 0.25) is 0 Å². The Morgan fingerprint density at radius 1 is 1.05 bits per heavy atom. The number of benzene rings is 1. The molecular weight excluding hydrogens is 282 g/mol. The van der Waals surface area contributed by atoms with E-state index in [1.165, 1.54) is 0 Å². The summed E-state index contributed by atoms with van der Waals surface area (Å²) in [7, 11) is -3.18. The molecule has 4 heteroatoms. The zero-order valence-corrected chi connectivity index (χ0v) is 14.7. The van der Waals surface area contributed by atoms with E-state index >= 15 is 0 Å². The first-order valence-electron chi connectivity index (χ1n) is 7.87. The summed E-state index contributed by atoms with van der Waals surface area (Å²) < 4.78 is 25.9. The normalized spacial score (nSPS) is 16.7. The van der Waals surface area contributed by atoms with E-state index in [1.807, 2.05) is 65.0 Å². The molecule has 0 fully saturated rings. The summed E-state index contributed by atoms with van der Waals surface area (Å²) in [6, 6.07) is 9.75. The summed E-state index contributed by atoms with van der Waals surface area (Å²) in [5.74, 6) is 0.0632. The van der Waals surface area contributed by atoms with Crippen molar-refractivity contribution < 1.29 is 8.42 Å². The molecule has 0 aliphatic heterocycles. The molecule has 3 atom stereocenters. The highest BCUT2D eigenvalue weighted by Gasteiger charge is 2.38. The van der Waals surface area contributed by atoms with Gasteiger partial charge in [0.05, 0.1) is 10.5 Å². The second-order valence-electron chi connectivity index (χ2n) is 5.96. The van der Waals surface area contributed by atoms with E-state index in [2.05, 4.69) is 5.32 Å². The number of rotatable bonds is 8. The topological polar surface area (TPSA) is 46.2 Å². The van der Waals surface area contributed by atoms with Gasteiger partial charge in [-0.05, 0) is 31.4 Å². The maximum atomic E-state index is 13.0. The summed E-state index contributed by atoms with van der Waals surface area (Å²) in [6.45, 7) is 10.5. The zero-order valence-electron chi connectivity index (χ0n) is 13.8. The van der Waals surface area contributed by atoms with Gasteiger partial charge in [-0.1, -0.05) is 58.0 Å². The van der Waals surface area contributed by atoms with Gasteiger partial charge in [0.1, 0.15) is 0 Å². The standard InChI is InChI=1S/C17H29NO2S/c1-6-14(5)21(19,20)17(13(3)4)16(18-7-2)15-11-9-8-10-12-15/h8-14,16-18H,6-7H2,1-5H3. The zero-order chi connectivity index (χ0) is 16.0. The highest BCUT2D eigenvalue weighted by atomic mass is 32.2. The summed E-state index contributed by atoms with van der Waals surface area (Å²) in [5, 5.41) is 2.67.